The van der Waals surface area contributed by atoms with Crippen LogP contribution in [0.15, 0.2) is 23.0 Å². The molecule has 0 aliphatic heterocycles. The summed E-state index contributed by atoms with van der Waals surface area (Å²) in [4.78, 5) is 11.4. The Morgan fingerprint density at radius 2 is 1.75 bits per heavy atom. The van der Waals surface area contributed by atoms with E-state index in [4.69, 9.17) is 0 Å². The number of aromatic nitrogens is 2. The van der Waals surface area contributed by atoms with Crippen molar-refractivity contribution in [1.29, 1.82) is 0 Å². The maximum Gasteiger partial charge on any atom is 0.416 e. The van der Waals surface area contributed by atoms with Crippen LogP contribution in [0.5, 0.6) is 0 Å². The van der Waals surface area contributed by atoms with Crippen molar-refractivity contribution in [3.8, 4) is 11.3 Å². The van der Waals surface area contributed by atoms with E-state index in [0.29, 0.717) is 27.9 Å². The molecule has 0 saturated carbocycles. The average molecular weight is 282 g/mol. The average Bonchev–Trinajstić information content (AvgIpc) is 2.36. The summed E-state index contributed by atoms with van der Waals surface area (Å²) in [6, 6.07) is 3.48. The second kappa shape index (κ2) is 4.77. The standard InChI is InChI=1S/C14H13F3N2O/c1-7-6-10(14(15,16)17)4-5-11(7)12-8(2)9(3)13(20)19-18-12/h4-6H,1-3H3,(H,19,20). The van der Waals surface area contributed by atoms with E-state index in [1.807, 2.05) is 0 Å². The Labute approximate surface area is 113 Å². The predicted molar refractivity (Wildman–Crippen MR) is 69.5 cm³/mol. The molecule has 1 heterocycles. The smallest absolute Gasteiger partial charge is 0.268 e. The molecule has 2 rings (SSSR count). The first-order valence-electron chi connectivity index (χ1n) is 5.96. The zero-order chi connectivity index (χ0) is 15.1. The van der Waals surface area contributed by atoms with Gasteiger partial charge in [0.2, 0.25) is 0 Å². The zero-order valence-electron chi connectivity index (χ0n) is 11.2. The van der Waals surface area contributed by atoms with Gasteiger partial charge in [-0.25, -0.2) is 5.10 Å². The summed E-state index contributed by atoms with van der Waals surface area (Å²) in [5, 5.41) is 6.29. The van der Waals surface area contributed by atoms with Gasteiger partial charge in [-0.05, 0) is 44.0 Å². The lowest BCUT2D eigenvalue weighted by Crippen LogP contribution is -2.14. The monoisotopic (exact) mass is 282 g/mol. The summed E-state index contributed by atoms with van der Waals surface area (Å²) in [5.74, 6) is 0. The topological polar surface area (TPSA) is 45.8 Å². The molecule has 2 aromatic rings. The minimum atomic E-state index is -4.37. The van der Waals surface area contributed by atoms with Crippen LogP contribution < -0.4 is 5.56 Å². The molecule has 20 heavy (non-hydrogen) atoms. The Hall–Kier alpha value is -2.11. The van der Waals surface area contributed by atoms with Crippen molar-refractivity contribution in [3.63, 3.8) is 0 Å². The van der Waals surface area contributed by atoms with Crippen LogP contribution in [0.1, 0.15) is 22.3 Å². The molecule has 0 aliphatic carbocycles. The van der Waals surface area contributed by atoms with E-state index in [1.165, 1.54) is 6.07 Å². The number of rotatable bonds is 1. The molecule has 3 nitrogen and oxygen atoms in total. The molecule has 0 bridgehead atoms. The van der Waals surface area contributed by atoms with Gasteiger partial charge in [-0.15, -0.1) is 0 Å². The first-order valence-corrected chi connectivity index (χ1v) is 5.96. The normalized spacial score (nSPS) is 11.7. The molecule has 0 unspecified atom stereocenters. The SMILES string of the molecule is Cc1cc(C(F)(F)F)ccc1-c1n[nH]c(=O)c(C)c1C. The van der Waals surface area contributed by atoms with Crippen LogP contribution in [-0.4, -0.2) is 10.2 Å². The van der Waals surface area contributed by atoms with Crippen LogP contribution in [0.25, 0.3) is 11.3 Å². The molecule has 0 atom stereocenters. The molecular weight excluding hydrogens is 269 g/mol. The molecule has 1 N–H and O–H groups in total. The van der Waals surface area contributed by atoms with Crippen molar-refractivity contribution in [2.24, 2.45) is 0 Å². The molecule has 0 saturated heterocycles. The lowest BCUT2D eigenvalue weighted by atomic mass is 9.98. The van der Waals surface area contributed by atoms with E-state index >= 15 is 0 Å². The first-order chi connectivity index (χ1) is 9.21. The van der Waals surface area contributed by atoms with E-state index < -0.39 is 11.7 Å². The van der Waals surface area contributed by atoms with Gasteiger partial charge in [-0.1, -0.05) is 6.07 Å². The number of benzene rings is 1. The fourth-order valence-corrected chi connectivity index (χ4v) is 1.99. The van der Waals surface area contributed by atoms with Gasteiger partial charge in [0, 0.05) is 11.1 Å². The predicted octanol–water partition coefficient (Wildman–Crippen LogP) is 3.38. The molecule has 0 amide bonds. The molecule has 0 radical (unpaired) electrons. The molecular formula is C14H13F3N2O. The van der Waals surface area contributed by atoms with Gasteiger partial charge in [-0.2, -0.15) is 18.3 Å². The Bertz CT molecular complexity index is 717. The number of nitrogens with zero attached hydrogens (tertiary/aromatic N) is 1. The van der Waals surface area contributed by atoms with Gasteiger partial charge in [-0.3, -0.25) is 4.79 Å². The van der Waals surface area contributed by atoms with Crippen LogP contribution >= 0.6 is 0 Å². The third-order valence-electron chi connectivity index (χ3n) is 3.34. The molecule has 106 valence electrons. The van der Waals surface area contributed by atoms with Crippen molar-refractivity contribution >= 4 is 0 Å². The quantitative estimate of drug-likeness (QED) is 0.871. The summed E-state index contributed by atoms with van der Waals surface area (Å²) < 4.78 is 37.9. The third kappa shape index (κ3) is 2.45. The molecule has 6 heteroatoms. The van der Waals surface area contributed by atoms with Gasteiger partial charge < -0.3 is 0 Å². The number of halogens is 3. The number of alkyl halides is 3. The largest absolute Gasteiger partial charge is 0.416 e. The highest BCUT2D eigenvalue weighted by Crippen LogP contribution is 2.33. The van der Waals surface area contributed by atoms with Crippen molar-refractivity contribution in [3.05, 3.63) is 50.8 Å². The maximum atomic E-state index is 12.6. The number of H-pyrrole nitrogens is 1. The molecule has 1 aromatic heterocycles. The van der Waals surface area contributed by atoms with Crippen LogP contribution in [0.3, 0.4) is 0 Å². The van der Waals surface area contributed by atoms with Gasteiger partial charge >= 0.3 is 6.18 Å². The van der Waals surface area contributed by atoms with Crippen molar-refractivity contribution in [2.75, 3.05) is 0 Å². The number of hydrogen-bond donors (Lipinski definition) is 1. The summed E-state index contributed by atoms with van der Waals surface area (Å²) in [6.07, 6.45) is -4.37. The number of aromatic amines is 1. The maximum absolute atomic E-state index is 12.6. The highest BCUT2D eigenvalue weighted by atomic mass is 19.4. The summed E-state index contributed by atoms with van der Waals surface area (Å²) in [6.45, 7) is 4.97. The van der Waals surface area contributed by atoms with Crippen molar-refractivity contribution < 1.29 is 13.2 Å². The van der Waals surface area contributed by atoms with Gasteiger partial charge in [0.05, 0.1) is 11.3 Å². The highest BCUT2D eigenvalue weighted by Gasteiger charge is 2.30. The van der Waals surface area contributed by atoms with Crippen LogP contribution in [0, 0.1) is 20.8 Å². The molecule has 1 aromatic carbocycles. The van der Waals surface area contributed by atoms with Crippen molar-refractivity contribution in [2.45, 2.75) is 26.9 Å². The van der Waals surface area contributed by atoms with E-state index in [-0.39, 0.29) is 5.56 Å². The molecule has 0 spiro atoms. The second-order valence-corrected chi connectivity index (χ2v) is 4.68. The minimum Gasteiger partial charge on any atom is -0.268 e. The Morgan fingerprint density at radius 3 is 2.30 bits per heavy atom. The van der Waals surface area contributed by atoms with Crippen LogP contribution in [0.2, 0.25) is 0 Å². The van der Waals surface area contributed by atoms with Crippen molar-refractivity contribution in [1.82, 2.24) is 10.2 Å². The molecule has 0 fully saturated rings. The lowest BCUT2D eigenvalue weighted by molar-refractivity contribution is -0.137. The Balaban J connectivity index is 2.61. The fraction of sp³-hybridized carbons (Fsp3) is 0.286. The van der Waals surface area contributed by atoms with Gasteiger partial charge in [0.15, 0.2) is 0 Å². The Morgan fingerprint density at radius 1 is 1.10 bits per heavy atom. The minimum absolute atomic E-state index is 0.296. The number of hydrogen-bond acceptors (Lipinski definition) is 2. The highest BCUT2D eigenvalue weighted by molar-refractivity contribution is 5.67. The van der Waals surface area contributed by atoms with Crippen LogP contribution in [0.4, 0.5) is 13.2 Å². The molecule has 0 aliphatic rings. The first kappa shape index (κ1) is 14.3. The fourth-order valence-electron chi connectivity index (χ4n) is 1.99. The van der Waals surface area contributed by atoms with E-state index in [0.717, 1.165) is 12.1 Å². The van der Waals surface area contributed by atoms with E-state index in [9.17, 15) is 18.0 Å². The second-order valence-electron chi connectivity index (χ2n) is 4.68. The van der Waals surface area contributed by atoms with Gasteiger partial charge in [0.1, 0.15) is 0 Å². The van der Waals surface area contributed by atoms with E-state index in [1.54, 1.807) is 20.8 Å². The summed E-state index contributed by atoms with van der Waals surface area (Å²) in [5.41, 5.74) is 1.71. The summed E-state index contributed by atoms with van der Waals surface area (Å²) in [7, 11) is 0. The number of aryl methyl sites for hydroxylation is 1. The summed E-state index contributed by atoms with van der Waals surface area (Å²) >= 11 is 0. The Kier molecular flexibility index (Phi) is 3.41. The number of nitrogens with one attached hydrogen (secondary N) is 1. The third-order valence-corrected chi connectivity index (χ3v) is 3.34. The van der Waals surface area contributed by atoms with E-state index in [2.05, 4.69) is 10.2 Å². The van der Waals surface area contributed by atoms with Gasteiger partial charge in [0.25, 0.3) is 5.56 Å². The zero-order valence-corrected chi connectivity index (χ0v) is 11.2. The van der Waals surface area contributed by atoms with Crippen LogP contribution in [-0.2, 0) is 6.18 Å². The lowest BCUT2D eigenvalue weighted by Gasteiger charge is -2.12.